The Morgan fingerprint density at radius 3 is 2.64 bits per heavy atom. The molecule has 3 aromatic rings. The summed E-state index contributed by atoms with van der Waals surface area (Å²) in [6.45, 7) is 0.845. The summed E-state index contributed by atoms with van der Waals surface area (Å²) in [6.07, 6.45) is 8.24. The Bertz CT molecular complexity index is 957. The van der Waals surface area contributed by atoms with Crippen LogP contribution in [0.4, 0.5) is 5.69 Å². The summed E-state index contributed by atoms with van der Waals surface area (Å²) in [7, 11) is 2.20. The number of hydrogen-bond acceptors (Lipinski definition) is 3. The highest BCUT2D eigenvalue weighted by atomic mass is 16.1. The van der Waals surface area contributed by atoms with Crippen molar-refractivity contribution < 1.29 is 4.79 Å². The van der Waals surface area contributed by atoms with Crippen LogP contribution in [-0.2, 0) is 6.54 Å². The first-order valence-electron chi connectivity index (χ1n) is 10.2. The fourth-order valence-electron chi connectivity index (χ4n) is 4.18. The lowest BCUT2D eigenvalue weighted by atomic mass is 9.94. The second-order valence-corrected chi connectivity index (χ2v) is 7.69. The number of pyridine rings is 1. The van der Waals surface area contributed by atoms with Gasteiger partial charge in [0.05, 0.1) is 11.1 Å². The van der Waals surface area contributed by atoms with Gasteiger partial charge in [0.2, 0.25) is 0 Å². The minimum Gasteiger partial charge on any atom is -0.322 e. The number of nitrogens with one attached hydrogen (secondary N) is 1. The zero-order valence-corrected chi connectivity index (χ0v) is 16.4. The number of nitrogens with zero attached hydrogens (tertiary/aromatic N) is 2. The van der Waals surface area contributed by atoms with E-state index in [9.17, 15) is 4.79 Å². The minimum atomic E-state index is -0.0913. The van der Waals surface area contributed by atoms with E-state index in [0.717, 1.165) is 28.7 Å². The van der Waals surface area contributed by atoms with E-state index in [1.165, 1.54) is 32.1 Å². The Morgan fingerprint density at radius 2 is 1.79 bits per heavy atom. The molecule has 0 saturated heterocycles. The monoisotopic (exact) mass is 373 g/mol. The zero-order chi connectivity index (χ0) is 19.3. The Balaban J connectivity index is 1.54. The molecule has 1 heterocycles. The first kappa shape index (κ1) is 18.6. The van der Waals surface area contributed by atoms with Gasteiger partial charge >= 0.3 is 0 Å². The molecule has 1 fully saturated rings. The molecule has 0 unspecified atom stereocenters. The van der Waals surface area contributed by atoms with Crippen LogP contribution in [0.2, 0.25) is 0 Å². The number of carbonyl (C=O) groups is 1. The standard InChI is InChI=1S/C24H27N3O/c1-27(19-10-3-2-4-11-19)17-18-9-5-7-13-22(18)26-24(28)21-15-16-25-23-14-8-6-12-20(21)23/h5-9,12-16,19H,2-4,10-11,17H2,1H3,(H,26,28). The van der Waals surface area contributed by atoms with Gasteiger partial charge in [-0.1, -0.05) is 55.7 Å². The topological polar surface area (TPSA) is 45.2 Å². The fraction of sp³-hybridized carbons (Fsp3) is 0.333. The molecule has 0 atom stereocenters. The molecule has 0 radical (unpaired) electrons. The maximum Gasteiger partial charge on any atom is 0.256 e. The van der Waals surface area contributed by atoms with Gasteiger partial charge in [-0.25, -0.2) is 0 Å². The number of amides is 1. The molecule has 0 bridgehead atoms. The van der Waals surface area contributed by atoms with Gasteiger partial charge < -0.3 is 5.32 Å². The molecule has 1 amide bonds. The Kier molecular flexibility index (Phi) is 5.68. The van der Waals surface area contributed by atoms with Crippen molar-refractivity contribution in [1.29, 1.82) is 0 Å². The third-order valence-corrected chi connectivity index (χ3v) is 5.78. The second-order valence-electron chi connectivity index (χ2n) is 7.69. The number of aromatic nitrogens is 1. The highest BCUT2D eigenvalue weighted by Crippen LogP contribution is 2.25. The van der Waals surface area contributed by atoms with Crippen molar-refractivity contribution in [2.75, 3.05) is 12.4 Å². The van der Waals surface area contributed by atoms with Crippen molar-refractivity contribution in [1.82, 2.24) is 9.88 Å². The van der Waals surface area contributed by atoms with Gasteiger partial charge in [0.1, 0.15) is 0 Å². The van der Waals surface area contributed by atoms with E-state index in [-0.39, 0.29) is 5.91 Å². The summed E-state index contributed by atoms with van der Waals surface area (Å²) in [5.41, 5.74) is 3.53. The molecule has 1 aliphatic rings. The number of fused-ring (bicyclic) bond motifs is 1. The number of benzene rings is 2. The molecule has 28 heavy (non-hydrogen) atoms. The van der Waals surface area contributed by atoms with Crippen LogP contribution in [0.15, 0.2) is 60.8 Å². The van der Waals surface area contributed by atoms with Gasteiger partial charge in [-0.3, -0.25) is 14.7 Å². The van der Waals surface area contributed by atoms with Gasteiger partial charge in [0.25, 0.3) is 5.91 Å². The van der Waals surface area contributed by atoms with Crippen molar-refractivity contribution in [2.24, 2.45) is 0 Å². The average Bonchev–Trinajstić information content (AvgIpc) is 2.75. The van der Waals surface area contributed by atoms with Gasteiger partial charge in [-0.05, 0) is 43.7 Å². The molecule has 4 nitrogen and oxygen atoms in total. The smallest absolute Gasteiger partial charge is 0.256 e. The van der Waals surface area contributed by atoms with E-state index < -0.39 is 0 Å². The molecule has 1 saturated carbocycles. The minimum absolute atomic E-state index is 0.0913. The lowest BCUT2D eigenvalue weighted by Gasteiger charge is -2.31. The highest BCUT2D eigenvalue weighted by Gasteiger charge is 2.19. The Hall–Kier alpha value is -2.72. The maximum absolute atomic E-state index is 13.0. The summed E-state index contributed by atoms with van der Waals surface area (Å²) in [6, 6.07) is 18.3. The normalized spacial score (nSPS) is 15.1. The maximum atomic E-state index is 13.0. The van der Waals surface area contributed by atoms with Crippen LogP contribution in [0, 0.1) is 0 Å². The third-order valence-electron chi connectivity index (χ3n) is 5.78. The molecular formula is C24H27N3O. The molecule has 0 spiro atoms. The largest absolute Gasteiger partial charge is 0.322 e. The van der Waals surface area contributed by atoms with Crippen LogP contribution in [0.1, 0.15) is 48.0 Å². The van der Waals surface area contributed by atoms with Crippen molar-refractivity contribution in [3.05, 3.63) is 71.9 Å². The SMILES string of the molecule is CN(Cc1ccccc1NC(=O)c1ccnc2ccccc12)C1CCCCC1. The second kappa shape index (κ2) is 8.53. The van der Waals surface area contributed by atoms with Crippen LogP contribution in [0.5, 0.6) is 0 Å². The van der Waals surface area contributed by atoms with Crippen LogP contribution in [0.3, 0.4) is 0 Å². The molecule has 2 aromatic carbocycles. The molecule has 144 valence electrons. The molecule has 4 heteroatoms. The van der Waals surface area contributed by atoms with Crippen LogP contribution in [-0.4, -0.2) is 28.9 Å². The summed E-state index contributed by atoms with van der Waals surface area (Å²) in [5.74, 6) is -0.0913. The number of rotatable bonds is 5. The Labute approximate surface area is 166 Å². The predicted octanol–water partition coefficient (Wildman–Crippen LogP) is 5.25. The van der Waals surface area contributed by atoms with Crippen molar-refractivity contribution in [3.63, 3.8) is 0 Å². The molecule has 1 N–H and O–H groups in total. The van der Waals surface area contributed by atoms with E-state index in [0.29, 0.717) is 11.6 Å². The van der Waals surface area contributed by atoms with Crippen molar-refractivity contribution in [3.8, 4) is 0 Å². The zero-order valence-electron chi connectivity index (χ0n) is 16.4. The first-order valence-corrected chi connectivity index (χ1v) is 10.2. The predicted molar refractivity (Wildman–Crippen MR) is 114 cm³/mol. The summed E-state index contributed by atoms with van der Waals surface area (Å²) in [4.78, 5) is 19.8. The van der Waals surface area contributed by atoms with Gasteiger partial charge in [0.15, 0.2) is 0 Å². The molecule has 1 aromatic heterocycles. The number of hydrogen-bond donors (Lipinski definition) is 1. The van der Waals surface area contributed by atoms with Crippen LogP contribution in [0.25, 0.3) is 10.9 Å². The quantitative estimate of drug-likeness (QED) is 0.664. The Morgan fingerprint density at radius 1 is 1.04 bits per heavy atom. The summed E-state index contributed by atoms with van der Waals surface area (Å²) < 4.78 is 0. The van der Waals surface area contributed by atoms with Crippen LogP contribution < -0.4 is 5.32 Å². The fourth-order valence-corrected chi connectivity index (χ4v) is 4.18. The van der Waals surface area contributed by atoms with E-state index in [1.54, 1.807) is 12.3 Å². The van der Waals surface area contributed by atoms with Gasteiger partial charge in [-0.2, -0.15) is 0 Å². The number of carbonyl (C=O) groups excluding carboxylic acids is 1. The van der Waals surface area contributed by atoms with Gasteiger partial charge in [-0.15, -0.1) is 0 Å². The number of anilines is 1. The van der Waals surface area contributed by atoms with E-state index >= 15 is 0 Å². The van der Waals surface area contributed by atoms with Crippen molar-refractivity contribution in [2.45, 2.75) is 44.7 Å². The third kappa shape index (κ3) is 4.07. The molecule has 1 aliphatic carbocycles. The van der Waals surface area contributed by atoms with Crippen molar-refractivity contribution >= 4 is 22.5 Å². The highest BCUT2D eigenvalue weighted by molar-refractivity contribution is 6.12. The molecular weight excluding hydrogens is 346 g/mol. The van der Waals surface area contributed by atoms with E-state index in [2.05, 4.69) is 28.3 Å². The van der Waals surface area contributed by atoms with E-state index in [4.69, 9.17) is 0 Å². The van der Waals surface area contributed by atoms with E-state index in [1.807, 2.05) is 42.5 Å². The lowest BCUT2D eigenvalue weighted by molar-refractivity contribution is 0.102. The lowest BCUT2D eigenvalue weighted by Crippen LogP contribution is -2.33. The molecule has 4 rings (SSSR count). The summed E-state index contributed by atoms with van der Waals surface area (Å²) >= 11 is 0. The van der Waals surface area contributed by atoms with Crippen LogP contribution >= 0.6 is 0 Å². The number of para-hydroxylation sites is 2. The average molecular weight is 374 g/mol. The molecule has 0 aliphatic heterocycles. The van der Waals surface area contributed by atoms with Gasteiger partial charge in [0, 0.05) is 29.9 Å². The first-order chi connectivity index (χ1) is 13.7. The summed E-state index contributed by atoms with van der Waals surface area (Å²) in [5, 5.41) is 4.01.